The van der Waals surface area contributed by atoms with Crippen molar-refractivity contribution >= 4 is 17.2 Å². The van der Waals surface area contributed by atoms with Gasteiger partial charge in [0.25, 0.3) is 0 Å². The summed E-state index contributed by atoms with van der Waals surface area (Å²) < 4.78 is 0. The molecule has 0 atom stereocenters. The maximum atomic E-state index is 10.7. The molecule has 0 spiro atoms. The third-order valence-electron chi connectivity index (χ3n) is 1.86. The first-order valence-corrected chi connectivity index (χ1v) is 4.39. The smallest absolute Gasteiger partial charge is 0.221 e. The molecule has 1 aromatic carbocycles. The van der Waals surface area contributed by atoms with Crippen LogP contribution in [0.5, 0.6) is 0 Å². The number of nitrogens with one attached hydrogen (secondary N) is 1. The fourth-order valence-corrected chi connectivity index (χ4v) is 1.11. The number of carbonyl (C=O) groups is 1. The summed E-state index contributed by atoms with van der Waals surface area (Å²) in [5.41, 5.74) is 8.13. The number of hydrogen-bond donors (Lipinski definition) is 2. The van der Waals surface area contributed by atoms with E-state index in [2.05, 4.69) is 11.9 Å². The molecule has 3 N–H and O–H groups in total. The van der Waals surface area contributed by atoms with E-state index in [1.54, 1.807) is 0 Å². The Balaban J connectivity index is 2.78. The van der Waals surface area contributed by atoms with Gasteiger partial charge in [0, 0.05) is 19.2 Å². The van der Waals surface area contributed by atoms with Gasteiger partial charge >= 0.3 is 0 Å². The standard InChI is InChI=1S/C11H14N2O/c1-8(7-12)10-3-5-11(6-4-10)13-9(2)14/h3-6H,1,7,12H2,2H3,(H,13,14). The molecule has 0 fully saturated rings. The second-order valence-electron chi connectivity index (χ2n) is 3.07. The molecule has 0 saturated carbocycles. The van der Waals surface area contributed by atoms with Gasteiger partial charge in [0.1, 0.15) is 0 Å². The first-order chi connectivity index (χ1) is 6.63. The number of hydrogen-bond acceptors (Lipinski definition) is 2. The second-order valence-corrected chi connectivity index (χ2v) is 3.07. The van der Waals surface area contributed by atoms with Crippen LogP contribution in [0, 0.1) is 0 Å². The fraction of sp³-hybridized carbons (Fsp3) is 0.182. The molecule has 1 rings (SSSR count). The summed E-state index contributed by atoms with van der Waals surface area (Å²) >= 11 is 0. The first kappa shape index (κ1) is 10.5. The van der Waals surface area contributed by atoms with Crippen molar-refractivity contribution in [2.45, 2.75) is 6.92 Å². The lowest BCUT2D eigenvalue weighted by atomic mass is 10.1. The Morgan fingerprint density at radius 1 is 1.43 bits per heavy atom. The van der Waals surface area contributed by atoms with Crippen LogP contribution in [-0.4, -0.2) is 12.5 Å². The predicted molar refractivity (Wildman–Crippen MR) is 58.8 cm³/mol. The van der Waals surface area contributed by atoms with Gasteiger partial charge in [-0.1, -0.05) is 18.7 Å². The van der Waals surface area contributed by atoms with E-state index in [-0.39, 0.29) is 5.91 Å². The molecule has 0 aliphatic carbocycles. The van der Waals surface area contributed by atoms with Crippen LogP contribution in [0.1, 0.15) is 12.5 Å². The summed E-state index contributed by atoms with van der Waals surface area (Å²) in [7, 11) is 0. The molecule has 0 radical (unpaired) electrons. The minimum Gasteiger partial charge on any atom is -0.326 e. The Bertz CT molecular complexity index is 341. The van der Waals surface area contributed by atoms with E-state index >= 15 is 0 Å². The van der Waals surface area contributed by atoms with E-state index in [4.69, 9.17) is 5.73 Å². The molecular formula is C11H14N2O. The minimum absolute atomic E-state index is 0.0737. The number of amides is 1. The molecule has 1 amide bonds. The zero-order valence-electron chi connectivity index (χ0n) is 8.21. The molecule has 14 heavy (non-hydrogen) atoms. The van der Waals surface area contributed by atoms with Crippen LogP contribution in [0.4, 0.5) is 5.69 Å². The van der Waals surface area contributed by atoms with Crippen molar-refractivity contribution in [3.63, 3.8) is 0 Å². The quantitative estimate of drug-likeness (QED) is 0.761. The van der Waals surface area contributed by atoms with Crippen molar-refractivity contribution < 1.29 is 4.79 Å². The van der Waals surface area contributed by atoms with Gasteiger partial charge in [0.2, 0.25) is 5.91 Å². The number of benzene rings is 1. The summed E-state index contributed by atoms with van der Waals surface area (Å²) in [6.07, 6.45) is 0. The zero-order chi connectivity index (χ0) is 10.6. The summed E-state index contributed by atoms with van der Waals surface area (Å²) in [6, 6.07) is 7.44. The monoisotopic (exact) mass is 190 g/mol. The SMILES string of the molecule is C=C(CN)c1ccc(NC(C)=O)cc1. The number of nitrogens with two attached hydrogens (primary N) is 1. The van der Waals surface area contributed by atoms with Gasteiger partial charge in [-0.25, -0.2) is 0 Å². The maximum Gasteiger partial charge on any atom is 0.221 e. The van der Waals surface area contributed by atoms with Crippen molar-refractivity contribution in [1.82, 2.24) is 0 Å². The van der Waals surface area contributed by atoms with Gasteiger partial charge in [0.05, 0.1) is 0 Å². The lowest BCUT2D eigenvalue weighted by molar-refractivity contribution is -0.114. The third kappa shape index (κ3) is 2.71. The normalized spacial score (nSPS) is 9.57. The number of carbonyl (C=O) groups excluding carboxylic acids is 1. The van der Waals surface area contributed by atoms with Crippen molar-refractivity contribution in [2.24, 2.45) is 5.73 Å². The largest absolute Gasteiger partial charge is 0.326 e. The molecular weight excluding hydrogens is 176 g/mol. The highest BCUT2D eigenvalue weighted by Gasteiger charge is 1.98. The van der Waals surface area contributed by atoms with Crippen molar-refractivity contribution in [1.29, 1.82) is 0 Å². The maximum absolute atomic E-state index is 10.7. The first-order valence-electron chi connectivity index (χ1n) is 4.39. The van der Waals surface area contributed by atoms with E-state index in [1.807, 2.05) is 24.3 Å². The van der Waals surface area contributed by atoms with E-state index in [9.17, 15) is 4.79 Å². The summed E-state index contributed by atoms with van der Waals surface area (Å²) in [6.45, 7) is 5.74. The summed E-state index contributed by atoms with van der Waals surface area (Å²) in [4.78, 5) is 10.7. The Kier molecular flexibility index (Phi) is 3.42. The van der Waals surface area contributed by atoms with Gasteiger partial charge < -0.3 is 11.1 Å². The second kappa shape index (κ2) is 4.58. The predicted octanol–water partition coefficient (Wildman–Crippen LogP) is 1.62. The van der Waals surface area contributed by atoms with Crippen molar-refractivity contribution in [2.75, 3.05) is 11.9 Å². The highest BCUT2D eigenvalue weighted by molar-refractivity contribution is 5.88. The molecule has 3 heteroatoms. The molecule has 3 nitrogen and oxygen atoms in total. The Labute approximate surface area is 83.6 Å². The van der Waals surface area contributed by atoms with Gasteiger partial charge in [-0.15, -0.1) is 0 Å². The Morgan fingerprint density at radius 2 is 2.00 bits per heavy atom. The molecule has 0 saturated heterocycles. The molecule has 0 bridgehead atoms. The van der Waals surface area contributed by atoms with Crippen LogP contribution in [-0.2, 0) is 4.79 Å². The molecule has 1 aromatic rings. The molecule has 0 aliphatic heterocycles. The third-order valence-corrected chi connectivity index (χ3v) is 1.86. The van der Waals surface area contributed by atoms with Crippen LogP contribution in [0.3, 0.4) is 0 Å². The number of anilines is 1. The number of rotatable bonds is 3. The van der Waals surface area contributed by atoms with Gasteiger partial charge in [-0.2, -0.15) is 0 Å². The van der Waals surface area contributed by atoms with Gasteiger partial charge in [-0.05, 0) is 23.3 Å². The van der Waals surface area contributed by atoms with Crippen LogP contribution in [0.15, 0.2) is 30.8 Å². The topological polar surface area (TPSA) is 55.1 Å². The average molecular weight is 190 g/mol. The van der Waals surface area contributed by atoms with Gasteiger partial charge in [-0.3, -0.25) is 4.79 Å². The highest BCUT2D eigenvalue weighted by Crippen LogP contribution is 2.14. The molecule has 74 valence electrons. The van der Waals surface area contributed by atoms with E-state index < -0.39 is 0 Å². The van der Waals surface area contributed by atoms with E-state index in [0.717, 1.165) is 16.8 Å². The highest BCUT2D eigenvalue weighted by atomic mass is 16.1. The van der Waals surface area contributed by atoms with Crippen LogP contribution in [0.2, 0.25) is 0 Å². The van der Waals surface area contributed by atoms with Crippen molar-refractivity contribution in [3.05, 3.63) is 36.4 Å². The van der Waals surface area contributed by atoms with Gasteiger partial charge in [0.15, 0.2) is 0 Å². The Hall–Kier alpha value is -1.61. The van der Waals surface area contributed by atoms with E-state index in [1.165, 1.54) is 6.92 Å². The fourth-order valence-electron chi connectivity index (χ4n) is 1.11. The Morgan fingerprint density at radius 3 is 2.43 bits per heavy atom. The van der Waals surface area contributed by atoms with E-state index in [0.29, 0.717) is 6.54 Å². The van der Waals surface area contributed by atoms with Crippen LogP contribution >= 0.6 is 0 Å². The van der Waals surface area contributed by atoms with Crippen LogP contribution < -0.4 is 11.1 Å². The van der Waals surface area contributed by atoms with Crippen molar-refractivity contribution in [3.8, 4) is 0 Å². The minimum atomic E-state index is -0.0737. The molecule has 0 aliphatic rings. The van der Waals surface area contributed by atoms with Crippen LogP contribution in [0.25, 0.3) is 5.57 Å². The molecule has 0 aromatic heterocycles. The lowest BCUT2D eigenvalue weighted by Gasteiger charge is -2.05. The lowest BCUT2D eigenvalue weighted by Crippen LogP contribution is -2.06. The zero-order valence-corrected chi connectivity index (χ0v) is 8.21. The molecule has 0 unspecified atom stereocenters. The summed E-state index contributed by atoms with van der Waals surface area (Å²) in [5, 5.41) is 2.69. The summed E-state index contributed by atoms with van der Waals surface area (Å²) in [5.74, 6) is -0.0737. The molecule has 0 heterocycles. The average Bonchev–Trinajstić information content (AvgIpc) is 2.17.